The van der Waals surface area contributed by atoms with Gasteiger partial charge in [0.25, 0.3) is 0 Å². The first kappa shape index (κ1) is 14.6. The maximum absolute atomic E-state index is 12.0. The Bertz CT molecular complexity index is 606. The molecule has 1 aromatic rings. The lowest BCUT2D eigenvalue weighted by Gasteiger charge is -2.17. The largest absolute Gasteiger partial charge is 0.326 e. The van der Waals surface area contributed by atoms with Crippen molar-refractivity contribution in [1.82, 2.24) is 0 Å². The predicted octanol–water partition coefficient (Wildman–Crippen LogP) is 2.35. The van der Waals surface area contributed by atoms with Gasteiger partial charge in [-0.25, -0.2) is 8.42 Å². The van der Waals surface area contributed by atoms with Crippen molar-refractivity contribution < 1.29 is 13.2 Å². The predicted molar refractivity (Wildman–Crippen MR) is 80.0 cm³/mol. The van der Waals surface area contributed by atoms with E-state index in [-0.39, 0.29) is 11.8 Å². The molecule has 0 bridgehead atoms. The van der Waals surface area contributed by atoms with Crippen molar-refractivity contribution in [1.29, 1.82) is 0 Å². The van der Waals surface area contributed by atoms with Crippen LogP contribution in [-0.4, -0.2) is 20.6 Å². The molecule has 1 amide bonds. The second-order valence-electron chi connectivity index (χ2n) is 4.92. The van der Waals surface area contributed by atoms with Gasteiger partial charge in [0.2, 0.25) is 15.9 Å². The van der Waals surface area contributed by atoms with Crippen molar-refractivity contribution in [3.8, 4) is 0 Å². The Labute approximate surface area is 119 Å². The van der Waals surface area contributed by atoms with Gasteiger partial charge in [-0.3, -0.25) is 9.52 Å². The zero-order valence-corrected chi connectivity index (χ0v) is 12.1. The van der Waals surface area contributed by atoms with E-state index in [9.17, 15) is 13.2 Å². The Kier molecular flexibility index (Phi) is 4.44. The maximum atomic E-state index is 12.0. The minimum absolute atomic E-state index is 0.0122. The average Bonchev–Trinajstić information content (AvgIpc) is 2.40. The molecular weight excluding hydrogens is 276 g/mol. The van der Waals surface area contributed by atoms with Gasteiger partial charge in [0.1, 0.15) is 0 Å². The molecule has 0 aromatic heterocycles. The molecule has 1 unspecified atom stereocenters. The van der Waals surface area contributed by atoms with Crippen molar-refractivity contribution in [3.63, 3.8) is 0 Å². The Balaban J connectivity index is 1.96. The van der Waals surface area contributed by atoms with E-state index >= 15 is 0 Å². The molecule has 2 N–H and O–H groups in total. The number of hydrogen-bond acceptors (Lipinski definition) is 3. The summed E-state index contributed by atoms with van der Waals surface area (Å²) in [5, 5.41) is 2.85. The fourth-order valence-corrected chi connectivity index (χ4v) is 2.68. The number of sulfonamides is 1. The average molecular weight is 294 g/mol. The monoisotopic (exact) mass is 294 g/mol. The Morgan fingerprint density at radius 2 is 1.80 bits per heavy atom. The molecule has 1 aliphatic carbocycles. The van der Waals surface area contributed by atoms with Crippen LogP contribution in [0.2, 0.25) is 0 Å². The van der Waals surface area contributed by atoms with Crippen LogP contribution in [0.3, 0.4) is 0 Å². The van der Waals surface area contributed by atoms with E-state index in [1.807, 2.05) is 6.08 Å². The summed E-state index contributed by atoms with van der Waals surface area (Å²) >= 11 is 0. The van der Waals surface area contributed by atoms with Gasteiger partial charge in [0.05, 0.1) is 6.26 Å². The number of allylic oxidation sites excluding steroid dienone is 2. The fraction of sp³-hybridized carbons (Fsp3) is 0.357. The molecule has 0 heterocycles. The quantitative estimate of drug-likeness (QED) is 0.837. The first-order chi connectivity index (χ1) is 9.44. The second-order valence-corrected chi connectivity index (χ2v) is 6.67. The summed E-state index contributed by atoms with van der Waals surface area (Å²) in [6.07, 6.45) is 7.81. The highest BCUT2D eigenvalue weighted by Gasteiger charge is 2.18. The summed E-state index contributed by atoms with van der Waals surface area (Å²) < 4.78 is 24.5. The molecule has 0 spiro atoms. The van der Waals surface area contributed by atoms with E-state index in [4.69, 9.17) is 0 Å². The van der Waals surface area contributed by atoms with Crippen LogP contribution in [0, 0.1) is 5.92 Å². The summed E-state index contributed by atoms with van der Waals surface area (Å²) in [5.41, 5.74) is 1.15. The Hall–Kier alpha value is -1.82. The number of hydrogen-bond donors (Lipinski definition) is 2. The lowest BCUT2D eigenvalue weighted by Crippen LogP contribution is -2.23. The molecule has 1 atom stereocenters. The minimum Gasteiger partial charge on any atom is -0.326 e. The SMILES string of the molecule is CS(=O)(=O)Nc1ccc(NC(=O)C2CC=CCC2)cc1. The number of anilines is 2. The molecular formula is C14H18N2O3S. The molecule has 0 saturated carbocycles. The van der Waals surface area contributed by atoms with Crippen LogP contribution >= 0.6 is 0 Å². The zero-order valence-electron chi connectivity index (χ0n) is 11.3. The van der Waals surface area contributed by atoms with E-state index in [0.717, 1.165) is 25.5 Å². The summed E-state index contributed by atoms with van der Waals surface area (Å²) in [4.78, 5) is 12.0. The number of carbonyl (C=O) groups is 1. The highest BCUT2D eigenvalue weighted by Crippen LogP contribution is 2.21. The number of benzene rings is 1. The third-order valence-electron chi connectivity index (χ3n) is 3.10. The minimum atomic E-state index is -3.28. The highest BCUT2D eigenvalue weighted by atomic mass is 32.2. The molecule has 1 aromatic carbocycles. The van der Waals surface area contributed by atoms with Gasteiger partial charge in [-0.1, -0.05) is 12.2 Å². The summed E-state index contributed by atoms with van der Waals surface area (Å²) in [5.74, 6) is 0.0343. The van der Waals surface area contributed by atoms with Gasteiger partial charge < -0.3 is 5.32 Å². The van der Waals surface area contributed by atoms with Crippen LogP contribution in [-0.2, 0) is 14.8 Å². The van der Waals surface area contributed by atoms with Crippen LogP contribution in [0.1, 0.15) is 19.3 Å². The Morgan fingerprint density at radius 1 is 1.15 bits per heavy atom. The summed E-state index contributed by atoms with van der Waals surface area (Å²) in [6.45, 7) is 0. The van der Waals surface area contributed by atoms with Crippen LogP contribution in [0.15, 0.2) is 36.4 Å². The molecule has 0 saturated heterocycles. The third-order valence-corrected chi connectivity index (χ3v) is 3.70. The van der Waals surface area contributed by atoms with Gasteiger partial charge in [0, 0.05) is 17.3 Å². The molecule has 108 valence electrons. The van der Waals surface area contributed by atoms with E-state index < -0.39 is 10.0 Å². The van der Waals surface area contributed by atoms with Crippen LogP contribution < -0.4 is 10.0 Å². The van der Waals surface area contributed by atoms with Gasteiger partial charge in [0.15, 0.2) is 0 Å². The van der Waals surface area contributed by atoms with Crippen molar-refractivity contribution in [2.45, 2.75) is 19.3 Å². The number of amides is 1. The number of carbonyl (C=O) groups excluding carboxylic acids is 1. The molecule has 20 heavy (non-hydrogen) atoms. The maximum Gasteiger partial charge on any atom is 0.229 e. The van der Waals surface area contributed by atoms with Crippen LogP contribution in [0.5, 0.6) is 0 Å². The summed E-state index contributed by atoms with van der Waals surface area (Å²) in [7, 11) is -3.28. The van der Waals surface area contributed by atoms with Gasteiger partial charge in [-0.2, -0.15) is 0 Å². The van der Waals surface area contributed by atoms with Crippen molar-refractivity contribution >= 4 is 27.3 Å². The molecule has 2 rings (SSSR count). The molecule has 1 aliphatic rings. The molecule has 6 heteroatoms. The van der Waals surface area contributed by atoms with Crippen LogP contribution in [0.4, 0.5) is 11.4 Å². The van der Waals surface area contributed by atoms with E-state index in [1.165, 1.54) is 0 Å². The Morgan fingerprint density at radius 3 is 2.35 bits per heavy atom. The van der Waals surface area contributed by atoms with E-state index in [2.05, 4.69) is 16.1 Å². The normalized spacial score (nSPS) is 18.6. The first-order valence-corrected chi connectivity index (χ1v) is 8.37. The number of nitrogens with one attached hydrogen (secondary N) is 2. The van der Waals surface area contributed by atoms with Gasteiger partial charge in [-0.05, 0) is 43.5 Å². The first-order valence-electron chi connectivity index (χ1n) is 6.48. The van der Waals surface area contributed by atoms with E-state index in [1.54, 1.807) is 24.3 Å². The van der Waals surface area contributed by atoms with Gasteiger partial charge in [-0.15, -0.1) is 0 Å². The fourth-order valence-electron chi connectivity index (χ4n) is 2.11. The lowest BCUT2D eigenvalue weighted by atomic mass is 9.93. The molecule has 0 fully saturated rings. The number of rotatable bonds is 4. The van der Waals surface area contributed by atoms with Gasteiger partial charge >= 0.3 is 0 Å². The van der Waals surface area contributed by atoms with Crippen LogP contribution in [0.25, 0.3) is 0 Å². The van der Waals surface area contributed by atoms with Crippen molar-refractivity contribution in [2.75, 3.05) is 16.3 Å². The molecule has 0 aliphatic heterocycles. The molecule has 0 radical (unpaired) electrons. The molecule has 5 nitrogen and oxygen atoms in total. The van der Waals surface area contributed by atoms with E-state index in [0.29, 0.717) is 11.4 Å². The standard InChI is InChI=1S/C14H18N2O3S/c1-20(18,19)16-13-9-7-12(8-10-13)15-14(17)11-5-3-2-4-6-11/h2-3,7-11,16H,4-6H2,1H3,(H,15,17). The summed E-state index contributed by atoms with van der Waals surface area (Å²) in [6, 6.07) is 6.61. The third kappa shape index (κ3) is 4.38. The zero-order chi connectivity index (χ0) is 14.6. The second kappa shape index (κ2) is 6.09. The van der Waals surface area contributed by atoms with Crippen molar-refractivity contribution in [3.05, 3.63) is 36.4 Å². The highest BCUT2D eigenvalue weighted by molar-refractivity contribution is 7.92. The smallest absolute Gasteiger partial charge is 0.229 e. The van der Waals surface area contributed by atoms with Crippen molar-refractivity contribution in [2.24, 2.45) is 5.92 Å². The topological polar surface area (TPSA) is 75.3 Å². The lowest BCUT2D eigenvalue weighted by molar-refractivity contribution is -0.120.